The first-order chi connectivity index (χ1) is 12.0. The molecule has 0 saturated carbocycles. The van der Waals surface area contributed by atoms with E-state index in [4.69, 9.17) is 13.7 Å². The predicted molar refractivity (Wildman–Crippen MR) is 89.6 cm³/mol. The van der Waals surface area contributed by atoms with E-state index in [0.717, 1.165) is 17.1 Å². The number of hydrogen-bond donors (Lipinski definition) is 0. The van der Waals surface area contributed by atoms with Crippen LogP contribution in [0.1, 0.15) is 30.1 Å². The lowest BCUT2D eigenvalue weighted by Crippen LogP contribution is -2.22. The van der Waals surface area contributed by atoms with Crippen LogP contribution in [0.2, 0.25) is 0 Å². The van der Waals surface area contributed by atoms with Crippen molar-refractivity contribution < 1.29 is 18.1 Å². The number of methoxy groups -OCH3 is 1. The Hall–Kier alpha value is -2.67. The van der Waals surface area contributed by atoms with Gasteiger partial charge in [0.05, 0.1) is 18.8 Å². The molecule has 0 bridgehead atoms. The lowest BCUT2D eigenvalue weighted by Gasteiger charge is -2.21. The molecule has 1 aromatic carbocycles. The molecule has 0 N–H and O–H groups in total. The molecule has 6 nitrogen and oxygen atoms in total. The third-order valence-corrected chi connectivity index (χ3v) is 4.24. The number of rotatable bonds is 6. The van der Waals surface area contributed by atoms with Crippen molar-refractivity contribution in [1.82, 2.24) is 15.0 Å². The maximum absolute atomic E-state index is 13.6. The van der Waals surface area contributed by atoms with Gasteiger partial charge < -0.3 is 13.7 Å². The molecular formula is C18H20FN3O3. The van der Waals surface area contributed by atoms with E-state index in [1.54, 1.807) is 18.4 Å². The number of oxazole rings is 1. The number of aryl methyl sites for hydroxylation is 1. The summed E-state index contributed by atoms with van der Waals surface area (Å²) in [4.78, 5) is 6.65. The van der Waals surface area contributed by atoms with Crippen LogP contribution in [0, 0.1) is 12.7 Å². The molecule has 1 unspecified atom stereocenters. The monoisotopic (exact) mass is 345 g/mol. The summed E-state index contributed by atoms with van der Waals surface area (Å²) in [7, 11) is 3.41. The predicted octanol–water partition coefficient (Wildman–Crippen LogP) is 3.98. The molecule has 0 aliphatic heterocycles. The number of aromatic nitrogens is 2. The van der Waals surface area contributed by atoms with Gasteiger partial charge in [-0.25, -0.2) is 9.37 Å². The van der Waals surface area contributed by atoms with Crippen molar-refractivity contribution in [2.45, 2.75) is 26.4 Å². The van der Waals surface area contributed by atoms with Crippen molar-refractivity contribution in [3.63, 3.8) is 0 Å². The zero-order valence-corrected chi connectivity index (χ0v) is 14.6. The Morgan fingerprint density at radius 2 is 2.12 bits per heavy atom. The number of benzene rings is 1. The van der Waals surface area contributed by atoms with Crippen LogP contribution in [0.15, 0.2) is 39.5 Å². The molecule has 0 aliphatic carbocycles. The summed E-state index contributed by atoms with van der Waals surface area (Å²) < 4.78 is 29.2. The summed E-state index contributed by atoms with van der Waals surface area (Å²) in [5.41, 5.74) is 2.34. The fourth-order valence-electron chi connectivity index (χ4n) is 2.53. The van der Waals surface area contributed by atoms with E-state index >= 15 is 0 Å². The number of halogens is 1. The molecule has 0 fully saturated rings. The van der Waals surface area contributed by atoms with Crippen molar-refractivity contribution in [2.24, 2.45) is 0 Å². The van der Waals surface area contributed by atoms with Crippen LogP contribution in [0.5, 0.6) is 5.75 Å². The van der Waals surface area contributed by atoms with Gasteiger partial charge in [-0.1, -0.05) is 5.16 Å². The molecule has 132 valence electrons. The highest BCUT2D eigenvalue weighted by atomic mass is 19.1. The summed E-state index contributed by atoms with van der Waals surface area (Å²) in [6.45, 7) is 4.49. The van der Waals surface area contributed by atoms with Gasteiger partial charge in [-0.3, -0.25) is 4.90 Å². The molecular weight excluding hydrogens is 325 g/mol. The van der Waals surface area contributed by atoms with Gasteiger partial charge in [-0.15, -0.1) is 0 Å². The molecule has 1 atom stereocenters. The Kier molecular flexibility index (Phi) is 4.85. The van der Waals surface area contributed by atoms with Gasteiger partial charge in [0, 0.05) is 18.2 Å². The lowest BCUT2D eigenvalue weighted by atomic mass is 10.2. The van der Waals surface area contributed by atoms with Gasteiger partial charge in [0.1, 0.15) is 17.7 Å². The maximum atomic E-state index is 13.6. The van der Waals surface area contributed by atoms with Gasteiger partial charge in [0.15, 0.2) is 11.6 Å². The van der Waals surface area contributed by atoms with E-state index < -0.39 is 5.82 Å². The van der Waals surface area contributed by atoms with Crippen LogP contribution in [0.3, 0.4) is 0 Å². The van der Waals surface area contributed by atoms with Crippen LogP contribution in [-0.2, 0) is 6.54 Å². The fourth-order valence-corrected chi connectivity index (χ4v) is 2.53. The standard InChI is InChI=1S/C18H20FN3O3/c1-11(15-7-8-24-21-15)22(3)10-16-12(2)25-18(20-16)13-5-6-14(19)17(9-13)23-4/h5-9,11H,10H2,1-4H3. The Balaban J connectivity index is 1.80. The van der Waals surface area contributed by atoms with E-state index in [0.29, 0.717) is 18.0 Å². The summed E-state index contributed by atoms with van der Waals surface area (Å²) in [6, 6.07) is 6.45. The second-order valence-corrected chi connectivity index (χ2v) is 5.89. The summed E-state index contributed by atoms with van der Waals surface area (Å²) in [5.74, 6) is 0.897. The first kappa shape index (κ1) is 17.2. The number of ether oxygens (including phenoxy) is 1. The minimum atomic E-state index is -0.420. The third kappa shape index (κ3) is 3.56. The van der Waals surface area contributed by atoms with Crippen molar-refractivity contribution in [3.8, 4) is 17.2 Å². The molecule has 3 rings (SSSR count). The zero-order chi connectivity index (χ0) is 18.0. The van der Waals surface area contributed by atoms with Crippen molar-refractivity contribution in [2.75, 3.05) is 14.2 Å². The van der Waals surface area contributed by atoms with Crippen LogP contribution in [0.4, 0.5) is 4.39 Å². The Bertz CT molecular complexity index is 845. The van der Waals surface area contributed by atoms with E-state index in [2.05, 4.69) is 15.0 Å². The highest BCUT2D eigenvalue weighted by Crippen LogP contribution is 2.28. The second kappa shape index (κ2) is 7.06. The molecule has 0 radical (unpaired) electrons. The van der Waals surface area contributed by atoms with Crippen LogP contribution >= 0.6 is 0 Å². The maximum Gasteiger partial charge on any atom is 0.226 e. The van der Waals surface area contributed by atoms with Crippen LogP contribution in [-0.4, -0.2) is 29.2 Å². The van der Waals surface area contributed by atoms with E-state index in [9.17, 15) is 4.39 Å². The average molecular weight is 345 g/mol. The van der Waals surface area contributed by atoms with Gasteiger partial charge in [0.25, 0.3) is 0 Å². The fraction of sp³-hybridized carbons (Fsp3) is 0.333. The van der Waals surface area contributed by atoms with Gasteiger partial charge in [-0.2, -0.15) is 0 Å². The molecule has 7 heteroatoms. The van der Waals surface area contributed by atoms with Crippen molar-refractivity contribution in [3.05, 3.63) is 53.5 Å². The smallest absolute Gasteiger partial charge is 0.226 e. The normalized spacial score (nSPS) is 12.6. The minimum absolute atomic E-state index is 0.0733. The summed E-state index contributed by atoms with van der Waals surface area (Å²) >= 11 is 0. The topological polar surface area (TPSA) is 64.5 Å². The van der Waals surface area contributed by atoms with Crippen molar-refractivity contribution >= 4 is 0 Å². The zero-order valence-electron chi connectivity index (χ0n) is 14.6. The van der Waals surface area contributed by atoms with E-state index in [1.165, 1.54) is 13.2 Å². The molecule has 2 heterocycles. The number of nitrogens with zero attached hydrogens (tertiary/aromatic N) is 3. The summed E-state index contributed by atoms with van der Waals surface area (Å²) in [6.07, 6.45) is 1.56. The van der Waals surface area contributed by atoms with Crippen molar-refractivity contribution in [1.29, 1.82) is 0 Å². The van der Waals surface area contributed by atoms with Gasteiger partial charge >= 0.3 is 0 Å². The second-order valence-electron chi connectivity index (χ2n) is 5.89. The van der Waals surface area contributed by atoms with Gasteiger partial charge in [0.2, 0.25) is 5.89 Å². The quantitative estimate of drug-likeness (QED) is 0.673. The van der Waals surface area contributed by atoms with E-state index in [-0.39, 0.29) is 11.8 Å². The third-order valence-electron chi connectivity index (χ3n) is 4.24. The average Bonchev–Trinajstić information content (AvgIpc) is 3.25. The largest absolute Gasteiger partial charge is 0.494 e. The molecule has 0 spiro atoms. The van der Waals surface area contributed by atoms with Crippen LogP contribution < -0.4 is 4.74 Å². The minimum Gasteiger partial charge on any atom is -0.494 e. The van der Waals surface area contributed by atoms with Crippen LogP contribution in [0.25, 0.3) is 11.5 Å². The van der Waals surface area contributed by atoms with Gasteiger partial charge in [-0.05, 0) is 39.1 Å². The lowest BCUT2D eigenvalue weighted by molar-refractivity contribution is 0.237. The number of hydrogen-bond acceptors (Lipinski definition) is 6. The molecule has 0 saturated heterocycles. The first-order valence-electron chi connectivity index (χ1n) is 7.90. The Morgan fingerprint density at radius 1 is 1.32 bits per heavy atom. The summed E-state index contributed by atoms with van der Waals surface area (Å²) in [5, 5.41) is 3.97. The molecule has 2 aromatic heterocycles. The highest BCUT2D eigenvalue weighted by molar-refractivity contribution is 5.56. The highest BCUT2D eigenvalue weighted by Gasteiger charge is 2.19. The molecule has 3 aromatic rings. The SMILES string of the molecule is COc1cc(-c2nc(CN(C)C(C)c3ccon3)c(C)o2)ccc1F. The molecule has 25 heavy (non-hydrogen) atoms. The molecule has 0 aliphatic rings. The first-order valence-corrected chi connectivity index (χ1v) is 7.90. The Morgan fingerprint density at radius 3 is 2.80 bits per heavy atom. The van der Waals surface area contributed by atoms with E-state index in [1.807, 2.05) is 27.0 Å². The molecule has 0 amide bonds. The Labute approximate surface area is 145 Å².